The molecule has 29 heavy (non-hydrogen) atoms. The number of anilines is 1. The van der Waals surface area contributed by atoms with Gasteiger partial charge < -0.3 is 9.88 Å². The molecular weight excluding hydrogens is 378 g/mol. The summed E-state index contributed by atoms with van der Waals surface area (Å²) in [6, 6.07) is 13.3. The number of nitrogens with one attached hydrogen (secondary N) is 1. The van der Waals surface area contributed by atoms with Gasteiger partial charge in [0.15, 0.2) is 0 Å². The molecule has 0 saturated heterocycles. The van der Waals surface area contributed by atoms with Gasteiger partial charge >= 0.3 is 0 Å². The third-order valence-electron chi connectivity index (χ3n) is 5.96. The molecule has 4 heteroatoms. The largest absolute Gasteiger partial charge is 0.382 e. The summed E-state index contributed by atoms with van der Waals surface area (Å²) < 4.78 is 2.34. The fraction of sp³-hybridized carbons (Fsp3) is 0.480. The molecule has 3 aromatic rings. The van der Waals surface area contributed by atoms with Crippen molar-refractivity contribution in [1.29, 1.82) is 0 Å². The zero-order valence-electron chi connectivity index (χ0n) is 17.8. The maximum absolute atomic E-state index is 6.31. The lowest BCUT2D eigenvalue weighted by Gasteiger charge is -2.19. The van der Waals surface area contributed by atoms with Crippen molar-refractivity contribution in [1.82, 2.24) is 9.55 Å². The van der Waals surface area contributed by atoms with E-state index in [4.69, 9.17) is 16.6 Å². The van der Waals surface area contributed by atoms with E-state index in [2.05, 4.69) is 48.9 Å². The van der Waals surface area contributed by atoms with E-state index < -0.39 is 0 Å². The number of rotatable bonds is 5. The van der Waals surface area contributed by atoms with Crippen molar-refractivity contribution in [3.05, 3.63) is 47.0 Å². The summed E-state index contributed by atoms with van der Waals surface area (Å²) in [4.78, 5) is 5.02. The van der Waals surface area contributed by atoms with E-state index >= 15 is 0 Å². The van der Waals surface area contributed by atoms with Crippen LogP contribution in [0.4, 0.5) is 5.69 Å². The second kappa shape index (κ2) is 8.79. The van der Waals surface area contributed by atoms with Crippen molar-refractivity contribution in [2.24, 2.45) is 5.92 Å². The van der Waals surface area contributed by atoms with Gasteiger partial charge in [0.1, 0.15) is 5.82 Å². The van der Waals surface area contributed by atoms with Crippen LogP contribution in [0.5, 0.6) is 0 Å². The van der Waals surface area contributed by atoms with Crippen LogP contribution >= 0.6 is 11.6 Å². The van der Waals surface area contributed by atoms with Gasteiger partial charge in [-0.3, -0.25) is 0 Å². The Balaban J connectivity index is 1.74. The van der Waals surface area contributed by atoms with Gasteiger partial charge in [0, 0.05) is 28.9 Å². The van der Waals surface area contributed by atoms with Crippen molar-refractivity contribution in [2.75, 3.05) is 5.32 Å². The first-order chi connectivity index (χ1) is 14.0. The Morgan fingerprint density at radius 2 is 1.83 bits per heavy atom. The number of hydrogen-bond acceptors (Lipinski definition) is 2. The van der Waals surface area contributed by atoms with Crippen molar-refractivity contribution < 1.29 is 0 Å². The number of imidazole rings is 1. The van der Waals surface area contributed by atoms with Gasteiger partial charge in [0.25, 0.3) is 0 Å². The molecule has 0 bridgehead atoms. The Bertz CT molecular complexity index is 981. The number of aryl methyl sites for hydroxylation is 1. The molecule has 1 aliphatic carbocycles. The normalized spacial score (nSPS) is 15.8. The SMILES string of the molecule is Cc1ccc(NC2CCCCCC2)cc1-c1nc2ccc(Cl)cc2n1CC(C)C. The molecule has 1 heterocycles. The summed E-state index contributed by atoms with van der Waals surface area (Å²) >= 11 is 6.31. The zero-order chi connectivity index (χ0) is 20.4. The van der Waals surface area contributed by atoms with Gasteiger partial charge in [-0.15, -0.1) is 0 Å². The van der Waals surface area contributed by atoms with E-state index in [-0.39, 0.29) is 0 Å². The number of aromatic nitrogens is 2. The number of halogens is 1. The van der Waals surface area contributed by atoms with Crippen LogP contribution in [0.1, 0.15) is 57.9 Å². The summed E-state index contributed by atoms with van der Waals surface area (Å²) in [7, 11) is 0. The predicted octanol–water partition coefficient (Wildman–Crippen LogP) is 7.46. The number of benzene rings is 2. The van der Waals surface area contributed by atoms with Crippen molar-refractivity contribution >= 4 is 28.3 Å². The van der Waals surface area contributed by atoms with E-state index in [0.29, 0.717) is 12.0 Å². The first-order valence-electron chi connectivity index (χ1n) is 11.0. The third kappa shape index (κ3) is 4.61. The Morgan fingerprint density at radius 3 is 2.55 bits per heavy atom. The van der Waals surface area contributed by atoms with Crippen molar-refractivity contribution in [3.63, 3.8) is 0 Å². The predicted molar refractivity (Wildman–Crippen MR) is 125 cm³/mol. The summed E-state index contributed by atoms with van der Waals surface area (Å²) in [5, 5.41) is 4.56. The molecule has 1 N–H and O–H groups in total. The van der Waals surface area contributed by atoms with Crippen LogP contribution in [0.2, 0.25) is 5.02 Å². The van der Waals surface area contributed by atoms with Gasteiger partial charge in [0.05, 0.1) is 11.0 Å². The monoisotopic (exact) mass is 409 g/mol. The number of hydrogen-bond donors (Lipinski definition) is 1. The van der Waals surface area contributed by atoms with Gasteiger partial charge in [-0.1, -0.05) is 57.2 Å². The van der Waals surface area contributed by atoms with Crippen LogP contribution in [-0.4, -0.2) is 15.6 Å². The van der Waals surface area contributed by atoms with E-state index in [9.17, 15) is 0 Å². The Kier molecular flexibility index (Phi) is 6.15. The molecular formula is C25H32ClN3. The average Bonchev–Trinajstić information content (AvgIpc) is 2.85. The standard InChI is InChI=1S/C25H32ClN3/c1-17(2)16-29-24-14-19(26)11-13-23(24)28-25(29)22-15-21(12-10-18(22)3)27-20-8-6-4-5-7-9-20/h10-15,17,20,27H,4-9,16H2,1-3H3. The maximum atomic E-state index is 6.31. The fourth-order valence-electron chi connectivity index (χ4n) is 4.46. The molecule has 0 amide bonds. The zero-order valence-corrected chi connectivity index (χ0v) is 18.6. The number of fused-ring (bicyclic) bond motifs is 1. The molecule has 2 aromatic carbocycles. The molecule has 0 atom stereocenters. The molecule has 1 saturated carbocycles. The topological polar surface area (TPSA) is 29.9 Å². The lowest BCUT2D eigenvalue weighted by molar-refractivity contribution is 0.536. The molecule has 4 rings (SSSR count). The first-order valence-corrected chi connectivity index (χ1v) is 11.4. The lowest BCUT2D eigenvalue weighted by atomic mass is 10.0. The van der Waals surface area contributed by atoms with Gasteiger partial charge in [-0.2, -0.15) is 0 Å². The molecule has 0 aliphatic heterocycles. The molecule has 0 radical (unpaired) electrons. The average molecular weight is 410 g/mol. The van der Waals surface area contributed by atoms with Crippen LogP contribution in [0.25, 0.3) is 22.4 Å². The fourth-order valence-corrected chi connectivity index (χ4v) is 4.63. The number of nitrogens with zero attached hydrogens (tertiary/aromatic N) is 2. The van der Waals surface area contributed by atoms with Crippen LogP contribution in [-0.2, 0) is 6.54 Å². The highest BCUT2D eigenvalue weighted by Crippen LogP contribution is 2.32. The van der Waals surface area contributed by atoms with Gasteiger partial charge in [-0.05, 0) is 61.6 Å². The van der Waals surface area contributed by atoms with Crippen LogP contribution in [0, 0.1) is 12.8 Å². The highest BCUT2D eigenvalue weighted by Gasteiger charge is 2.17. The van der Waals surface area contributed by atoms with Crippen LogP contribution in [0.15, 0.2) is 36.4 Å². The molecule has 1 fully saturated rings. The van der Waals surface area contributed by atoms with Crippen molar-refractivity contribution in [2.45, 2.75) is 71.9 Å². The minimum Gasteiger partial charge on any atom is -0.382 e. The Morgan fingerprint density at radius 1 is 1.07 bits per heavy atom. The third-order valence-corrected chi connectivity index (χ3v) is 6.20. The van der Waals surface area contributed by atoms with Gasteiger partial charge in [-0.25, -0.2) is 4.98 Å². The highest BCUT2D eigenvalue weighted by molar-refractivity contribution is 6.31. The smallest absolute Gasteiger partial charge is 0.141 e. The second-order valence-corrected chi connectivity index (χ2v) is 9.37. The highest BCUT2D eigenvalue weighted by atomic mass is 35.5. The van der Waals surface area contributed by atoms with E-state index in [1.807, 2.05) is 18.2 Å². The van der Waals surface area contributed by atoms with Crippen LogP contribution < -0.4 is 5.32 Å². The maximum Gasteiger partial charge on any atom is 0.141 e. The molecule has 1 aromatic heterocycles. The molecule has 3 nitrogen and oxygen atoms in total. The minimum atomic E-state index is 0.526. The van der Waals surface area contributed by atoms with E-state index in [0.717, 1.165) is 28.4 Å². The quantitative estimate of drug-likeness (QED) is 0.443. The summed E-state index contributed by atoms with van der Waals surface area (Å²) in [6.07, 6.45) is 7.96. The van der Waals surface area contributed by atoms with Gasteiger partial charge in [0.2, 0.25) is 0 Å². The summed E-state index contributed by atoms with van der Waals surface area (Å²) in [5.74, 6) is 1.57. The summed E-state index contributed by atoms with van der Waals surface area (Å²) in [6.45, 7) is 7.59. The lowest BCUT2D eigenvalue weighted by Crippen LogP contribution is -2.18. The van der Waals surface area contributed by atoms with E-state index in [1.165, 1.54) is 55.3 Å². The van der Waals surface area contributed by atoms with Crippen LogP contribution in [0.3, 0.4) is 0 Å². The molecule has 154 valence electrons. The second-order valence-electron chi connectivity index (χ2n) is 8.94. The molecule has 1 aliphatic rings. The molecule has 0 unspecified atom stereocenters. The Hall–Kier alpha value is -2.00. The minimum absolute atomic E-state index is 0.526. The summed E-state index contributed by atoms with van der Waals surface area (Å²) in [5.41, 5.74) is 5.78. The van der Waals surface area contributed by atoms with E-state index in [1.54, 1.807) is 0 Å². The first kappa shape index (κ1) is 20.3. The Labute approximate surface area is 179 Å². The molecule has 0 spiro atoms. The van der Waals surface area contributed by atoms with Crippen molar-refractivity contribution in [3.8, 4) is 11.4 Å².